The van der Waals surface area contributed by atoms with Crippen LogP contribution in [0.1, 0.15) is 20.8 Å². The summed E-state index contributed by atoms with van der Waals surface area (Å²) in [4.78, 5) is 35.0. The standard InChI is InChI=1S/C18H18O6Si/c1-13(19)22-25(23-14(2)20,24-15(3)21)18-12-8-7-11-17(18)16-9-5-4-6-10-16/h4-12H,1-3H3. The first kappa shape index (κ1) is 18.4. The summed E-state index contributed by atoms with van der Waals surface area (Å²) in [6.45, 7) is 3.50. The summed E-state index contributed by atoms with van der Waals surface area (Å²) in [5, 5.41) is 0.363. The van der Waals surface area contributed by atoms with Crippen molar-refractivity contribution in [3.63, 3.8) is 0 Å². The zero-order chi connectivity index (χ0) is 18.4. The summed E-state index contributed by atoms with van der Waals surface area (Å²) in [5.74, 6) is -2.13. The number of benzene rings is 2. The van der Waals surface area contributed by atoms with Crippen molar-refractivity contribution in [3.05, 3.63) is 54.6 Å². The second-order valence-corrected chi connectivity index (χ2v) is 7.51. The molecule has 0 N–H and O–H groups in total. The van der Waals surface area contributed by atoms with E-state index in [4.69, 9.17) is 13.3 Å². The molecule has 0 aromatic heterocycles. The molecule has 2 rings (SSSR count). The maximum atomic E-state index is 11.7. The van der Waals surface area contributed by atoms with Gasteiger partial charge in [-0.25, -0.2) is 0 Å². The van der Waals surface area contributed by atoms with Gasteiger partial charge in [-0.15, -0.1) is 0 Å². The maximum Gasteiger partial charge on any atom is 0.743 e. The zero-order valence-electron chi connectivity index (χ0n) is 14.1. The second-order valence-electron chi connectivity index (χ2n) is 5.25. The van der Waals surface area contributed by atoms with Crippen LogP contribution in [-0.2, 0) is 27.7 Å². The van der Waals surface area contributed by atoms with Crippen molar-refractivity contribution in [2.24, 2.45) is 0 Å². The molecule has 7 heteroatoms. The molecule has 130 valence electrons. The fraction of sp³-hybridized carbons (Fsp3) is 0.167. The predicted molar refractivity (Wildman–Crippen MR) is 92.6 cm³/mol. The highest BCUT2D eigenvalue weighted by Gasteiger charge is 2.56. The number of hydrogen-bond donors (Lipinski definition) is 0. The van der Waals surface area contributed by atoms with E-state index in [1.54, 1.807) is 24.3 Å². The van der Waals surface area contributed by atoms with Crippen molar-refractivity contribution in [1.82, 2.24) is 0 Å². The van der Waals surface area contributed by atoms with Crippen molar-refractivity contribution in [3.8, 4) is 11.1 Å². The van der Waals surface area contributed by atoms with Gasteiger partial charge in [0, 0.05) is 20.8 Å². The Morgan fingerprint density at radius 3 is 1.60 bits per heavy atom. The normalized spacial score (nSPS) is 10.7. The van der Waals surface area contributed by atoms with Crippen LogP contribution in [0, 0.1) is 0 Å². The summed E-state index contributed by atoms with van der Waals surface area (Å²) in [6, 6.07) is 16.2. The lowest BCUT2D eigenvalue weighted by Crippen LogP contribution is -2.59. The number of hydrogen-bond acceptors (Lipinski definition) is 6. The quantitative estimate of drug-likeness (QED) is 0.763. The molecule has 0 saturated heterocycles. The molecule has 0 fully saturated rings. The van der Waals surface area contributed by atoms with E-state index in [9.17, 15) is 14.4 Å². The van der Waals surface area contributed by atoms with E-state index in [1.165, 1.54) is 20.8 Å². The monoisotopic (exact) mass is 358 g/mol. The lowest BCUT2D eigenvalue weighted by Gasteiger charge is -2.27. The van der Waals surface area contributed by atoms with Gasteiger partial charge in [0.15, 0.2) is 0 Å². The van der Waals surface area contributed by atoms with Crippen molar-refractivity contribution < 1.29 is 27.7 Å². The van der Waals surface area contributed by atoms with Gasteiger partial charge in [-0.3, -0.25) is 14.4 Å². The Balaban J connectivity index is 2.70. The molecule has 0 atom stereocenters. The van der Waals surface area contributed by atoms with Crippen LogP contribution < -0.4 is 5.19 Å². The fourth-order valence-corrected chi connectivity index (χ4v) is 4.86. The van der Waals surface area contributed by atoms with Crippen molar-refractivity contribution in [2.45, 2.75) is 20.8 Å². The van der Waals surface area contributed by atoms with Gasteiger partial charge in [0.25, 0.3) is 17.9 Å². The van der Waals surface area contributed by atoms with Crippen molar-refractivity contribution >= 4 is 31.9 Å². The molecular formula is C18H18O6Si. The second kappa shape index (κ2) is 7.76. The average molecular weight is 358 g/mol. The highest BCUT2D eigenvalue weighted by Crippen LogP contribution is 2.22. The van der Waals surface area contributed by atoms with E-state index in [0.29, 0.717) is 10.8 Å². The Hall–Kier alpha value is -2.93. The molecule has 0 spiro atoms. The third-order valence-corrected chi connectivity index (χ3v) is 5.94. The topological polar surface area (TPSA) is 78.9 Å². The van der Waals surface area contributed by atoms with Gasteiger partial charge < -0.3 is 13.3 Å². The number of carbonyl (C=O) groups is 3. The first-order valence-electron chi connectivity index (χ1n) is 7.58. The third kappa shape index (κ3) is 4.54. The molecule has 2 aromatic carbocycles. The van der Waals surface area contributed by atoms with Crippen LogP contribution in [0.5, 0.6) is 0 Å². The van der Waals surface area contributed by atoms with Gasteiger partial charge in [-0.1, -0.05) is 54.6 Å². The Bertz CT molecular complexity index is 746. The summed E-state index contributed by atoms with van der Waals surface area (Å²) in [5.41, 5.74) is 1.46. The molecule has 6 nitrogen and oxygen atoms in total. The van der Waals surface area contributed by atoms with Crippen LogP contribution in [0.3, 0.4) is 0 Å². The van der Waals surface area contributed by atoms with Crippen molar-refractivity contribution in [2.75, 3.05) is 0 Å². The lowest BCUT2D eigenvalue weighted by molar-refractivity contribution is -0.146. The predicted octanol–water partition coefficient (Wildman–Crippen LogP) is 2.19. The minimum atomic E-state index is -4.14. The molecule has 0 unspecified atom stereocenters. The lowest BCUT2D eigenvalue weighted by atomic mass is 10.1. The number of carbonyl (C=O) groups excluding carboxylic acids is 3. The molecule has 0 heterocycles. The van der Waals surface area contributed by atoms with Gasteiger partial charge in [0.2, 0.25) is 0 Å². The van der Waals surface area contributed by atoms with Crippen LogP contribution in [0.4, 0.5) is 0 Å². The zero-order valence-corrected chi connectivity index (χ0v) is 15.1. The van der Waals surface area contributed by atoms with E-state index in [2.05, 4.69) is 0 Å². The van der Waals surface area contributed by atoms with Crippen LogP contribution in [-0.4, -0.2) is 26.7 Å². The summed E-state index contributed by atoms with van der Waals surface area (Å²) in [7, 11) is -4.14. The smallest absolute Gasteiger partial charge is 0.452 e. The van der Waals surface area contributed by atoms with Gasteiger partial charge >= 0.3 is 8.80 Å². The molecular weight excluding hydrogens is 340 g/mol. The highest BCUT2D eigenvalue weighted by atomic mass is 28.4. The Morgan fingerprint density at radius 1 is 0.680 bits per heavy atom. The third-order valence-electron chi connectivity index (χ3n) is 3.18. The Kier molecular flexibility index (Phi) is 5.71. The molecule has 0 radical (unpaired) electrons. The molecule has 0 saturated carbocycles. The molecule has 0 aliphatic rings. The molecule has 25 heavy (non-hydrogen) atoms. The van der Waals surface area contributed by atoms with Gasteiger partial charge in [-0.05, 0) is 11.1 Å². The Morgan fingerprint density at radius 2 is 1.12 bits per heavy atom. The van der Waals surface area contributed by atoms with Crippen LogP contribution >= 0.6 is 0 Å². The average Bonchev–Trinajstić information content (AvgIpc) is 2.53. The molecule has 0 bridgehead atoms. The van der Waals surface area contributed by atoms with E-state index in [-0.39, 0.29) is 0 Å². The number of rotatable bonds is 5. The molecule has 0 aliphatic heterocycles. The first-order valence-corrected chi connectivity index (χ1v) is 9.30. The van der Waals surface area contributed by atoms with Crippen LogP contribution in [0.2, 0.25) is 0 Å². The van der Waals surface area contributed by atoms with E-state index >= 15 is 0 Å². The van der Waals surface area contributed by atoms with E-state index < -0.39 is 26.7 Å². The molecule has 2 aromatic rings. The van der Waals surface area contributed by atoms with Gasteiger partial charge in [0.05, 0.1) is 5.19 Å². The van der Waals surface area contributed by atoms with E-state index in [1.807, 2.05) is 30.3 Å². The van der Waals surface area contributed by atoms with Crippen LogP contribution in [0.25, 0.3) is 11.1 Å². The molecule has 0 aliphatic carbocycles. The highest BCUT2D eigenvalue weighted by molar-refractivity contribution is 6.80. The fourth-order valence-electron chi connectivity index (χ4n) is 2.41. The minimum absolute atomic E-state index is 0.363. The summed E-state index contributed by atoms with van der Waals surface area (Å²) in [6.07, 6.45) is 0. The first-order chi connectivity index (χ1) is 11.8. The van der Waals surface area contributed by atoms with Crippen LogP contribution in [0.15, 0.2) is 54.6 Å². The van der Waals surface area contributed by atoms with E-state index in [0.717, 1.165) is 5.56 Å². The summed E-state index contributed by atoms with van der Waals surface area (Å²) < 4.78 is 16.0. The molecule has 0 amide bonds. The largest absolute Gasteiger partial charge is 0.743 e. The van der Waals surface area contributed by atoms with Crippen molar-refractivity contribution in [1.29, 1.82) is 0 Å². The Labute approximate surface area is 146 Å². The minimum Gasteiger partial charge on any atom is -0.452 e. The maximum absolute atomic E-state index is 11.7. The SMILES string of the molecule is CC(=O)O[Si](OC(C)=O)(OC(C)=O)c1ccccc1-c1ccccc1. The van der Waals surface area contributed by atoms with Gasteiger partial charge in [-0.2, -0.15) is 0 Å². The summed E-state index contributed by atoms with van der Waals surface area (Å²) >= 11 is 0. The van der Waals surface area contributed by atoms with Gasteiger partial charge in [0.1, 0.15) is 0 Å².